The quantitative estimate of drug-likeness (QED) is 0.298. The van der Waals surface area contributed by atoms with Crippen molar-refractivity contribution in [2.24, 2.45) is 4.99 Å². The van der Waals surface area contributed by atoms with Crippen LogP contribution in [0, 0.1) is 6.92 Å². The molecule has 0 unspecified atom stereocenters. The highest BCUT2D eigenvalue weighted by molar-refractivity contribution is 7.99. The Morgan fingerprint density at radius 3 is 2.73 bits per heavy atom. The van der Waals surface area contributed by atoms with Crippen molar-refractivity contribution >= 4 is 35.1 Å². The highest BCUT2D eigenvalue weighted by atomic mass is 32.2. The van der Waals surface area contributed by atoms with Gasteiger partial charge in [0.1, 0.15) is 5.76 Å². The van der Waals surface area contributed by atoms with E-state index in [-0.39, 0.29) is 17.7 Å². The summed E-state index contributed by atoms with van der Waals surface area (Å²) < 4.78 is 13.1. The second kappa shape index (κ2) is 10.2. The van der Waals surface area contributed by atoms with E-state index in [9.17, 15) is 14.4 Å². The molecule has 4 heterocycles. The monoisotopic (exact) mass is 534 g/mol. The molecular formula is C26H22N4O5S2. The summed E-state index contributed by atoms with van der Waals surface area (Å²) in [5.74, 6) is -0.0391. The second-order valence-corrected chi connectivity index (χ2v) is 10.2. The second-order valence-electron chi connectivity index (χ2n) is 8.16. The van der Waals surface area contributed by atoms with Crippen LogP contribution in [-0.4, -0.2) is 27.1 Å². The van der Waals surface area contributed by atoms with E-state index in [1.807, 2.05) is 30.3 Å². The van der Waals surface area contributed by atoms with E-state index in [0.29, 0.717) is 42.3 Å². The molecule has 5 rings (SSSR count). The van der Waals surface area contributed by atoms with Crippen LogP contribution in [-0.2, 0) is 9.53 Å². The van der Waals surface area contributed by atoms with Crippen molar-refractivity contribution in [1.29, 1.82) is 0 Å². The lowest BCUT2D eigenvalue weighted by Crippen LogP contribution is -2.39. The lowest BCUT2D eigenvalue weighted by molar-refractivity contribution is -0.139. The number of furan rings is 1. The number of aromatic amines is 1. The number of ether oxygens (including phenoxy) is 1. The molecule has 0 saturated carbocycles. The number of benzene rings is 1. The summed E-state index contributed by atoms with van der Waals surface area (Å²) in [4.78, 5) is 50.2. The molecule has 37 heavy (non-hydrogen) atoms. The van der Waals surface area contributed by atoms with E-state index in [0.717, 1.165) is 5.56 Å². The lowest BCUT2D eigenvalue weighted by atomic mass is 9.96. The van der Waals surface area contributed by atoms with Gasteiger partial charge < -0.3 is 14.1 Å². The van der Waals surface area contributed by atoms with Crippen LogP contribution in [0.1, 0.15) is 36.9 Å². The Kier molecular flexibility index (Phi) is 6.81. The molecule has 3 aromatic heterocycles. The number of H-pyrrole nitrogens is 1. The maximum atomic E-state index is 13.6. The topological polar surface area (TPSA) is 120 Å². The summed E-state index contributed by atoms with van der Waals surface area (Å²) >= 11 is 2.39. The number of aryl methyl sites for hydroxylation is 1. The van der Waals surface area contributed by atoms with Gasteiger partial charge in [-0.15, -0.1) is 0 Å². The first-order valence-corrected chi connectivity index (χ1v) is 13.1. The molecule has 11 heteroatoms. The minimum atomic E-state index is -0.661. The molecule has 188 valence electrons. The molecule has 1 atom stereocenters. The highest BCUT2D eigenvalue weighted by Crippen LogP contribution is 2.30. The molecule has 0 spiro atoms. The average Bonchev–Trinajstić information content (AvgIpc) is 3.41. The van der Waals surface area contributed by atoms with E-state index < -0.39 is 12.0 Å². The fourth-order valence-electron chi connectivity index (χ4n) is 4.03. The fourth-order valence-corrected chi connectivity index (χ4v) is 5.87. The molecule has 0 bridgehead atoms. The number of carbonyl (C=O) groups is 1. The van der Waals surface area contributed by atoms with E-state index >= 15 is 0 Å². The molecule has 0 aliphatic carbocycles. The van der Waals surface area contributed by atoms with Crippen molar-refractivity contribution in [2.75, 3.05) is 6.61 Å². The standard InChI is InChI=1S/C26H22N4O5S2/c1-4-34-24(33)21-15(3)28-26-30(22(21)16-8-6-5-7-9-16)23(32)18(36-26)13-17-10-11-20(35-17)37-25-27-14(2)12-19(31)29-25/h5-13,22H,4H2,1-3H3,(H,27,29,31)/b18-13+/t22-/m1/s1. The average molecular weight is 535 g/mol. The number of aromatic nitrogens is 3. The molecule has 1 aliphatic heterocycles. The van der Waals surface area contributed by atoms with Crippen molar-refractivity contribution in [1.82, 2.24) is 14.5 Å². The van der Waals surface area contributed by atoms with E-state index in [1.165, 1.54) is 33.7 Å². The van der Waals surface area contributed by atoms with Gasteiger partial charge in [0, 0.05) is 17.8 Å². The largest absolute Gasteiger partial charge is 0.463 e. The first kappa shape index (κ1) is 24.7. The van der Waals surface area contributed by atoms with Crippen molar-refractivity contribution < 1.29 is 13.9 Å². The number of carbonyl (C=O) groups excluding carboxylic acids is 1. The first-order valence-electron chi connectivity index (χ1n) is 11.4. The van der Waals surface area contributed by atoms with Gasteiger partial charge in [-0.1, -0.05) is 41.7 Å². The highest BCUT2D eigenvalue weighted by Gasteiger charge is 2.33. The van der Waals surface area contributed by atoms with Gasteiger partial charge in [0.05, 0.1) is 28.5 Å². The van der Waals surface area contributed by atoms with Crippen LogP contribution in [0.25, 0.3) is 6.08 Å². The van der Waals surface area contributed by atoms with E-state index in [4.69, 9.17) is 9.15 Å². The summed E-state index contributed by atoms with van der Waals surface area (Å²) in [7, 11) is 0. The van der Waals surface area contributed by atoms with Crippen molar-refractivity contribution in [2.45, 2.75) is 37.1 Å². The van der Waals surface area contributed by atoms with Crippen LogP contribution in [0.3, 0.4) is 0 Å². The van der Waals surface area contributed by atoms with Crippen molar-refractivity contribution in [3.05, 3.63) is 107 Å². The summed E-state index contributed by atoms with van der Waals surface area (Å²) in [6.07, 6.45) is 1.64. The summed E-state index contributed by atoms with van der Waals surface area (Å²) in [5, 5.41) is 0.922. The first-order chi connectivity index (χ1) is 17.8. The van der Waals surface area contributed by atoms with Crippen LogP contribution in [0.15, 0.2) is 89.0 Å². The van der Waals surface area contributed by atoms with Crippen molar-refractivity contribution in [3.63, 3.8) is 0 Å². The Morgan fingerprint density at radius 1 is 1.22 bits per heavy atom. The molecule has 1 aromatic carbocycles. The zero-order valence-electron chi connectivity index (χ0n) is 20.2. The van der Waals surface area contributed by atoms with Gasteiger partial charge >= 0.3 is 5.97 Å². The number of fused-ring (bicyclic) bond motifs is 1. The van der Waals surface area contributed by atoms with Crippen LogP contribution in [0.4, 0.5) is 0 Å². The Bertz CT molecular complexity index is 1760. The number of nitrogens with zero attached hydrogens (tertiary/aromatic N) is 3. The summed E-state index contributed by atoms with van der Waals surface area (Å²) in [6.45, 7) is 5.44. The molecule has 4 aromatic rings. The maximum Gasteiger partial charge on any atom is 0.338 e. The van der Waals surface area contributed by atoms with E-state index in [2.05, 4.69) is 15.0 Å². The lowest BCUT2D eigenvalue weighted by Gasteiger charge is -2.24. The van der Waals surface area contributed by atoms with Crippen LogP contribution >= 0.6 is 23.1 Å². The summed E-state index contributed by atoms with van der Waals surface area (Å²) in [5.41, 5.74) is 1.70. The third kappa shape index (κ3) is 5.00. The summed E-state index contributed by atoms with van der Waals surface area (Å²) in [6, 6.07) is 13.6. The van der Waals surface area contributed by atoms with Gasteiger partial charge in [-0.25, -0.2) is 14.8 Å². The molecule has 1 N–H and O–H groups in total. The number of hydrogen-bond donors (Lipinski definition) is 1. The Hall–Kier alpha value is -3.96. The molecule has 0 saturated heterocycles. The number of rotatable bonds is 6. The van der Waals surface area contributed by atoms with Gasteiger partial charge in [-0.2, -0.15) is 0 Å². The molecule has 0 radical (unpaired) electrons. The fraction of sp³-hybridized carbons (Fsp3) is 0.192. The van der Waals surface area contributed by atoms with Crippen molar-refractivity contribution in [3.8, 4) is 0 Å². The number of esters is 1. The van der Waals surface area contributed by atoms with Crippen LogP contribution in [0.2, 0.25) is 0 Å². The Morgan fingerprint density at radius 2 is 2.00 bits per heavy atom. The minimum absolute atomic E-state index is 0.215. The number of thiazole rings is 1. The molecule has 1 aliphatic rings. The number of allylic oxidation sites excluding steroid dienone is 1. The van der Waals surface area contributed by atoms with Gasteiger partial charge in [-0.05, 0) is 50.2 Å². The smallest absolute Gasteiger partial charge is 0.338 e. The zero-order chi connectivity index (χ0) is 26.1. The molecular weight excluding hydrogens is 512 g/mol. The molecule has 9 nitrogen and oxygen atoms in total. The number of nitrogens with one attached hydrogen (secondary N) is 1. The van der Waals surface area contributed by atoms with Gasteiger partial charge in [-0.3, -0.25) is 14.2 Å². The Balaban J connectivity index is 1.56. The minimum Gasteiger partial charge on any atom is -0.463 e. The predicted octanol–water partition coefficient (Wildman–Crippen LogP) is 2.93. The van der Waals surface area contributed by atoms with E-state index in [1.54, 1.807) is 39.0 Å². The van der Waals surface area contributed by atoms with Gasteiger partial charge in [0.25, 0.3) is 11.1 Å². The van der Waals surface area contributed by atoms with Gasteiger partial charge in [0.2, 0.25) is 0 Å². The normalized spacial score (nSPS) is 15.4. The molecule has 0 fully saturated rings. The van der Waals surface area contributed by atoms with Crippen LogP contribution in [0.5, 0.6) is 0 Å². The number of hydrogen-bond acceptors (Lipinski definition) is 9. The zero-order valence-corrected chi connectivity index (χ0v) is 21.8. The maximum absolute atomic E-state index is 13.6. The van der Waals surface area contributed by atoms with Crippen LogP contribution < -0.4 is 20.5 Å². The third-order valence-corrected chi connectivity index (χ3v) is 7.34. The third-order valence-electron chi connectivity index (χ3n) is 5.55. The predicted molar refractivity (Wildman–Crippen MR) is 139 cm³/mol. The van der Waals surface area contributed by atoms with Gasteiger partial charge in [0.15, 0.2) is 15.1 Å². The SMILES string of the molecule is CCOC(=O)C1=C(C)N=c2s/c(=C/c3ccc(Sc4nc(C)cc(=O)[nH]4)o3)c(=O)n2[C@@H]1c1ccccc1. The Labute approximate surface area is 218 Å². The molecule has 0 amide bonds.